The van der Waals surface area contributed by atoms with Crippen LogP contribution in [0.4, 0.5) is 5.69 Å². The number of hydrogen-bond donors (Lipinski definition) is 1. The third-order valence-electron chi connectivity index (χ3n) is 4.19. The van der Waals surface area contributed by atoms with Crippen molar-refractivity contribution in [1.29, 1.82) is 0 Å². The van der Waals surface area contributed by atoms with Crippen molar-refractivity contribution in [1.82, 2.24) is 4.90 Å². The zero-order chi connectivity index (χ0) is 13.0. The molecule has 2 heteroatoms. The van der Waals surface area contributed by atoms with E-state index in [2.05, 4.69) is 48.6 Å². The highest BCUT2D eigenvalue weighted by Gasteiger charge is 2.26. The Hall–Kier alpha value is -1.02. The molecule has 0 saturated heterocycles. The lowest BCUT2D eigenvalue weighted by Gasteiger charge is -2.35. The van der Waals surface area contributed by atoms with Gasteiger partial charge in [-0.25, -0.2) is 0 Å². The molecule has 1 unspecified atom stereocenters. The second-order valence-electron chi connectivity index (χ2n) is 5.68. The maximum absolute atomic E-state index is 3.19. The van der Waals surface area contributed by atoms with Crippen molar-refractivity contribution >= 4 is 5.69 Å². The number of rotatable bonds is 4. The minimum atomic E-state index is 0.580. The van der Waals surface area contributed by atoms with E-state index < -0.39 is 0 Å². The van der Waals surface area contributed by atoms with Crippen LogP contribution in [0.5, 0.6) is 0 Å². The van der Waals surface area contributed by atoms with Crippen molar-refractivity contribution in [2.24, 2.45) is 5.92 Å². The maximum Gasteiger partial charge on any atom is 0.0370 e. The second kappa shape index (κ2) is 6.24. The molecule has 1 atom stereocenters. The molecule has 0 heterocycles. The first-order valence-electron chi connectivity index (χ1n) is 7.16. The quantitative estimate of drug-likeness (QED) is 0.866. The van der Waals surface area contributed by atoms with E-state index in [9.17, 15) is 0 Å². The summed E-state index contributed by atoms with van der Waals surface area (Å²) < 4.78 is 0. The van der Waals surface area contributed by atoms with E-state index in [-0.39, 0.29) is 0 Å². The van der Waals surface area contributed by atoms with E-state index in [1.54, 1.807) is 0 Å². The molecule has 1 aromatic rings. The number of nitrogens with one attached hydrogen (secondary N) is 1. The van der Waals surface area contributed by atoms with Crippen molar-refractivity contribution in [3.05, 3.63) is 29.8 Å². The van der Waals surface area contributed by atoms with Gasteiger partial charge in [0, 0.05) is 18.8 Å². The second-order valence-corrected chi connectivity index (χ2v) is 5.68. The molecule has 18 heavy (non-hydrogen) atoms. The van der Waals surface area contributed by atoms with Gasteiger partial charge in [-0.15, -0.1) is 0 Å². The summed E-state index contributed by atoms with van der Waals surface area (Å²) >= 11 is 0. The fourth-order valence-electron chi connectivity index (χ4n) is 3.29. The molecule has 0 radical (unpaired) electrons. The minimum Gasteiger partial charge on any atom is -0.388 e. The number of benzene rings is 1. The van der Waals surface area contributed by atoms with E-state index in [1.807, 2.05) is 7.05 Å². The molecule has 2 nitrogen and oxygen atoms in total. The lowest BCUT2D eigenvalue weighted by molar-refractivity contribution is 0.171. The average Bonchev–Trinajstić information content (AvgIpc) is 2.40. The van der Waals surface area contributed by atoms with Crippen LogP contribution in [-0.2, 0) is 0 Å². The summed E-state index contributed by atoms with van der Waals surface area (Å²) in [5, 5.41) is 3.19. The Morgan fingerprint density at radius 3 is 2.17 bits per heavy atom. The predicted octanol–water partition coefficient (Wildman–Crippen LogP) is 3.91. The molecule has 1 saturated carbocycles. The van der Waals surface area contributed by atoms with Crippen LogP contribution >= 0.6 is 0 Å². The highest BCUT2D eigenvalue weighted by molar-refractivity contribution is 5.44. The van der Waals surface area contributed by atoms with Crippen molar-refractivity contribution in [3.63, 3.8) is 0 Å². The standard InChI is InChI=1S/C16H26N2/c1-17-15-11-9-14(10-12-15)16(18(2)3)13-7-5-4-6-8-13/h9-13,16-17H,4-8H2,1-3H3. The van der Waals surface area contributed by atoms with E-state index >= 15 is 0 Å². The Bertz CT molecular complexity index is 350. The van der Waals surface area contributed by atoms with Gasteiger partial charge in [0.05, 0.1) is 0 Å². The first-order chi connectivity index (χ1) is 8.72. The third-order valence-corrected chi connectivity index (χ3v) is 4.19. The van der Waals surface area contributed by atoms with Crippen LogP contribution in [0.3, 0.4) is 0 Å². The van der Waals surface area contributed by atoms with Gasteiger partial charge in [-0.2, -0.15) is 0 Å². The van der Waals surface area contributed by atoms with E-state index in [1.165, 1.54) is 43.4 Å². The first kappa shape index (κ1) is 13.4. The largest absolute Gasteiger partial charge is 0.388 e. The maximum atomic E-state index is 3.19. The normalized spacial score (nSPS) is 18.9. The van der Waals surface area contributed by atoms with Crippen LogP contribution in [-0.4, -0.2) is 26.0 Å². The summed E-state index contributed by atoms with van der Waals surface area (Å²) in [5.41, 5.74) is 2.66. The van der Waals surface area contributed by atoms with Gasteiger partial charge in [-0.05, 0) is 50.6 Å². The van der Waals surface area contributed by atoms with Gasteiger partial charge in [0.15, 0.2) is 0 Å². The van der Waals surface area contributed by atoms with Crippen molar-refractivity contribution in [2.45, 2.75) is 38.1 Å². The molecular weight excluding hydrogens is 220 g/mol. The molecule has 1 aliphatic rings. The average molecular weight is 246 g/mol. The van der Waals surface area contributed by atoms with Gasteiger partial charge in [0.25, 0.3) is 0 Å². The summed E-state index contributed by atoms with van der Waals surface area (Å²) in [5.74, 6) is 0.828. The van der Waals surface area contributed by atoms with Gasteiger partial charge in [0.2, 0.25) is 0 Å². The summed E-state index contributed by atoms with van der Waals surface area (Å²) in [6.07, 6.45) is 7.01. The topological polar surface area (TPSA) is 15.3 Å². The Labute approximate surface area is 111 Å². The SMILES string of the molecule is CNc1ccc(C(C2CCCCC2)N(C)C)cc1. The number of nitrogens with zero attached hydrogens (tertiary/aromatic N) is 1. The molecule has 1 N–H and O–H groups in total. The molecule has 0 aliphatic heterocycles. The van der Waals surface area contributed by atoms with Crippen LogP contribution < -0.4 is 5.32 Å². The van der Waals surface area contributed by atoms with Crippen molar-refractivity contribution in [3.8, 4) is 0 Å². The smallest absolute Gasteiger partial charge is 0.0370 e. The van der Waals surface area contributed by atoms with E-state index in [0.717, 1.165) is 5.92 Å². The lowest BCUT2D eigenvalue weighted by Crippen LogP contribution is -2.28. The molecule has 1 aromatic carbocycles. The van der Waals surface area contributed by atoms with E-state index in [0.29, 0.717) is 6.04 Å². The summed E-state index contributed by atoms with van der Waals surface area (Å²) in [6, 6.07) is 9.52. The molecule has 100 valence electrons. The molecule has 1 aliphatic carbocycles. The molecule has 0 bridgehead atoms. The minimum absolute atomic E-state index is 0.580. The Morgan fingerprint density at radius 2 is 1.67 bits per heavy atom. The molecule has 1 fully saturated rings. The Balaban J connectivity index is 2.17. The fraction of sp³-hybridized carbons (Fsp3) is 0.625. The highest BCUT2D eigenvalue weighted by atomic mass is 15.1. The monoisotopic (exact) mass is 246 g/mol. The van der Waals surface area contributed by atoms with Gasteiger partial charge < -0.3 is 10.2 Å². The molecule has 0 amide bonds. The predicted molar refractivity (Wildman–Crippen MR) is 79.0 cm³/mol. The molecule has 0 spiro atoms. The lowest BCUT2D eigenvalue weighted by atomic mass is 9.80. The van der Waals surface area contributed by atoms with Crippen LogP contribution in [0, 0.1) is 5.92 Å². The van der Waals surface area contributed by atoms with Gasteiger partial charge in [-0.3, -0.25) is 0 Å². The number of anilines is 1. The Kier molecular flexibility index (Phi) is 4.65. The first-order valence-corrected chi connectivity index (χ1v) is 7.16. The molecule has 2 rings (SSSR count). The highest BCUT2D eigenvalue weighted by Crippen LogP contribution is 2.37. The zero-order valence-corrected chi connectivity index (χ0v) is 11.9. The fourth-order valence-corrected chi connectivity index (χ4v) is 3.29. The van der Waals surface area contributed by atoms with Crippen molar-refractivity contribution in [2.75, 3.05) is 26.5 Å². The molecular formula is C16H26N2. The van der Waals surface area contributed by atoms with Gasteiger partial charge >= 0.3 is 0 Å². The van der Waals surface area contributed by atoms with E-state index in [4.69, 9.17) is 0 Å². The summed E-state index contributed by atoms with van der Waals surface area (Å²) in [6.45, 7) is 0. The summed E-state index contributed by atoms with van der Waals surface area (Å²) in [7, 11) is 6.40. The zero-order valence-electron chi connectivity index (χ0n) is 11.9. The van der Waals surface area contributed by atoms with Gasteiger partial charge in [-0.1, -0.05) is 31.4 Å². The Morgan fingerprint density at radius 1 is 1.06 bits per heavy atom. The van der Waals surface area contributed by atoms with Crippen molar-refractivity contribution < 1.29 is 0 Å². The third kappa shape index (κ3) is 3.05. The van der Waals surface area contributed by atoms with Crippen LogP contribution in [0.1, 0.15) is 43.7 Å². The molecule has 0 aromatic heterocycles. The van der Waals surface area contributed by atoms with Crippen LogP contribution in [0.15, 0.2) is 24.3 Å². The van der Waals surface area contributed by atoms with Gasteiger partial charge in [0.1, 0.15) is 0 Å². The van der Waals surface area contributed by atoms with Crippen LogP contribution in [0.25, 0.3) is 0 Å². The van der Waals surface area contributed by atoms with Crippen LogP contribution in [0.2, 0.25) is 0 Å². The number of hydrogen-bond acceptors (Lipinski definition) is 2. The summed E-state index contributed by atoms with van der Waals surface area (Å²) in [4.78, 5) is 2.39.